The molecule has 0 bridgehead atoms. The van der Waals surface area contributed by atoms with Crippen LogP contribution in [0.5, 0.6) is 0 Å². The Labute approximate surface area is 123 Å². The third-order valence-corrected chi connectivity index (χ3v) is 3.41. The first-order valence-electron chi connectivity index (χ1n) is 5.68. The number of methoxy groups -OCH3 is 1. The van der Waals surface area contributed by atoms with Gasteiger partial charge in [-0.2, -0.15) is 13.2 Å². The minimum atomic E-state index is -4.36. The first-order chi connectivity index (χ1) is 8.88. The number of benzene rings is 1. The van der Waals surface area contributed by atoms with Gasteiger partial charge in [-0.05, 0) is 24.0 Å². The topological polar surface area (TPSA) is 26.3 Å². The Bertz CT molecular complexity index is 432. The summed E-state index contributed by atoms with van der Waals surface area (Å²) in [4.78, 5) is 11.3. The normalized spacial score (nSPS) is 13.1. The largest absolute Gasteiger partial charge is 0.469 e. The molecule has 1 aromatic rings. The SMILES string of the molecule is COC(=O)C[C@H](CCI)c1cccc(C(F)(F)F)c1. The predicted octanol–water partition coefficient (Wildman–Crippen LogP) is 4.18. The minimum absolute atomic E-state index is 0.0980. The van der Waals surface area contributed by atoms with Crippen molar-refractivity contribution in [2.24, 2.45) is 0 Å². The van der Waals surface area contributed by atoms with E-state index < -0.39 is 17.7 Å². The standard InChI is InChI=1S/C13H14F3IO2/c1-19-12(18)8-10(5-6-17)9-3-2-4-11(7-9)13(14,15)16/h2-4,7,10H,5-6,8H2,1H3/t10-/m0/s1. The Balaban J connectivity index is 2.99. The average molecular weight is 386 g/mol. The average Bonchev–Trinajstić information content (AvgIpc) is 2.37. The molecule has 0 amide bonds. The van der Waals surface area contributed by atoms with Crippen LogP contribution in [0, 0.1) is 0 Å². The number of carbonyl (C=O) groups is 1. The van der Waals surface area contributed by atoms with Crippen LogP contribution in [-0.2, 0) is 15.7 Å². The molecule has 1 aromatic carbocycles. The van der Waals surface area contributed by atoms with Gasteiger partial charge in [0.25, 0.3) is 0 Å². The van der Waals surface area contributed by atoms with E-state index in [9.17, 15) is 18.0 Å². The summed E-state index contributed by atoms with van der Waals surface area (Å²) in [5.74, 6) is -0.654. The van der Waals surface area contributed by atoms with Crippen molar-refractivity contribution in [2.75, 3.05) is 11.5 Å². The Morgan fingerprint density at radius 1 is 1.42 bits per heavy atom. The van der Waals surface area contributed by atoms with Crippen LogP contribution in [0.3, 0.4) is 0 Å². The van der Waals surface area contributed by atoms with Gasteiger partial charge in [0.05, 0.1) is 19.1 Å². The number of alkyl halides is 4. The monoisotopic (exact) mass is 386 g/mol. The fourth-order valence-electron chi connectivity index (χ4n) is 1.77. The van der Waals surface area contributed by atoms with Crippen LogP contribution < -0.4 is 0 Å². The van der Waals surface area contributed by atoms with Gasteiger partial charge in [0, 0.05) is 4.43 Å². The van der Waals surface area contributed by atoms with Gasteiger partial charge < -0.3 is 4.74 Å². The lowest BCUT2D eigenvalue weighted by Crippen LogP contribution is -2.11. The number of hydrogen-bond acceptors (Lipinski definition) is 2. The molecular weight excluding hydrogens is 372 g/mol. The van der Waals surface area contributed by atoms with Crippen molar-refractivity contribution in [3.63, 3.8) is 0 Å². The summed E-state index contributed by atoms with van der Waals surface area (Å²) in [5, 5.41) is 0. The molecule has 0 aliphatic rings. The van der Waals surface area contributed by atoms with Gasteiger partial charge in [0.1, 0.15) is 0 Å². The highest BCUT2D eigenvalue weighted by Crippen LogP contribution is 2.33. The van der Waals surface area contributed by atoms with Gasteiger partial charge in [0.2, 0.25) is 0 Å². The lowest BCUT2D eigenvalue weighted by atomic mass is 9.92. The number of ether oxygens (including phenoxy) is 1. The van der Waals surface area contributed by atoms with Crippen molar-refractivity contribution in [1.29, 1.82) is 0 Å². The van der Waals surface area contributed by atoms with E-state index in [-0.39, 0.29) is 12.3 Å². The van der Waals surface area contributed by atoms with Crippen LogP contribution in [0.2, 0.25) is 0 Å². The Morgan fingerprint density at radius 3 is 2.63 bits per heavy atom. The Morgan fingerprint density at radius 2 is 2.11 bits per heavy atom. The van der Waals surface area contributed by atoms with Crippen LogP contribution in [0.4, 0.5) is 13.2 Å². The maximum atomic E-state index is 12.7. The summed E-state index contributed by atoms with van der Waals surface area (Å²) in [5.41, 5.74) is -0.162. The lowest BCUT2D eigenvalue weighted by molar-refractivity contribution is -0.141. The van der Waals surface area contributed by atoms with Crippen LogP contribution in [0.1, 0.15) is 29.9 Å². The zero-order valence-corrected chi connectivity index (χ0v) is 12.5. The quantitative estimate of drug-likeness (QED) is 0.431. The van der Waals surface area contributed by atoms with Crippen LogP contribution in [0.25, 0.3) is 0 Å². The maximum Gasteiger partial charge on any atom is 0.416 e. The summed E-state index contributed by atoms with van der Waals surface area (Å²) < 4.78 is 43.3. The molecule has 0 N–H and O–H groups in total. The van der Waals surface area contributed by atoms with E-state index in [0.29, 0.717) is 12.0 Å². The van der Waals surface area contributed by atoms with E-state index in [0.717, 1.165) is 16.6 Å². The summed E-state index contributed by atoms with van der Waals surface area (Å²) >= 11 is 2.14. The number of hydrogen-bond donors (Lipinski definition) is 0. The molecule has 6 heteroatoms. The third-order valence-electron chi connectivity index (χ3n) is 2.78. The van der Waals surface area contributed by atoms with E-state index in [4.69, 9.17) is 0 Å². The molecule has 1 atom stereocenters. The molecule has 19 heavy (non-hydrogen) atoms. The zero-order chi connectivity index (χ0) is 14.5. The second-order valence-corrected chi connectivity index (χ2v) is 5.16. The fraction of sp³-hybridized carbons (Fsp3) is 0.462. The smallest absolute Gasteiger partial charge is 0.416 e. The molecule has 0 aromatic heterocycles. The molecule has 2 nitrogen and oxygen atoms in total. The predicted molar refractivity (Wildman–Crippen MR) is 74.3 cm³/mol. The number of carbonyl (C=O) groups excluding carboxylic acids is 1. The summed E-state index contributed by atoms with van der Waals surface area (Å²) in [6, 6.07) is 5.13. The van der Waals surface area contributed by atoms with Crippen molar-refractivity contribution < 1.29 is 22.7 Å². The van der Waals surface area contributed by atoms with E-state index in [1.54, 1.807) is 6.07 Å². The number of esters is 1. The third kappa shape index (κ3) is 5.00. The summed E-state index contributed by atoms with van der Waals surface area (Å²) in [6.07, 6.45) is -3.63. The highest BCUT2D eigenvalue weighted by atomic mass is 127. The number of halogens is 4. The van der Waals surface area contributed by atoms with Gasteiger partial charge in [0.15, 0.2) is 0 Å². The molecule has 0 fully saturated rings. The molecule has 0 unspecified atom stereocenters. The van der Waals surface area contributed by atoms with Crippen molar-refractivity contribution in [3.05, 3.63) is 35.4 Å². The van der Waals surface area contributed by atoms with Crippen LogP contribution in [-0.4, -0.2) is 17.5 Å². The maximum absolute atomic E-state index is 12.7. The van der Waals surface area contributed by atoms with Crippen LogP contribution in [0.15, 0.2) is 24.3 Å². The van der Waals surface area contributed by atoms with Gasteiger partial charge in [-0.3, -0.25) is 4.79 Å². The van der Waals surface area contributed by atoms with E-state index >= 15 is 0 Å². The van der Waals surface area contributed by atoms with Crippen LogP contribution >= 0.6 is 22.6 Å². The molecule has 1 rings (SSSR count). The highest BCUT2D eigenvalue weighted by molar-refractivity contribution is 14.1. The van der Waals surface area contributed by atoms with E-state index in [1.807, 2.05) is 0 Å². The van der Waals surface area contributed by atoms with Gasteiger partial charge in [-0.15, -0.1) is 0 Å². The van der Waals surface area contributed by atoms with E-state index in [2.05, 4.69) is 27.3 Å². The van der Waals surface area contributed by atoms with Gasteiger partial charge in [-0.25, -0.2) is 0 Å². The molecule has 106 valence electrons. The van der Waals surface area contributed by atoms with Crippen molar-refractivity contribution in [2.45, 2.75) is 24.9 Å². The molecule has 0 radical (unpaired) electrons. The summed E-state index contributed by atoms with van der Waals surface area (Å²) in [7, 11) is 1.27. The van der Waals surface area contributed by atoms with Gasteiger partial charge in [-0.1, -0.05) is 40.8 Å². The number of rotatable bonds is 5. The Hall–Kier alpha value is -0.790. The lowest BCUT2D eigenvalue weighted by Gasteiger charge is -2.16. The second kappa shape index (κ2) is 7.12. The molecule has 0 aliphatic carbocycles. The second-order valence-electron chi connectivity index (χ2n) is 4.08. The van der Waals surface area contributed by atoms with Gasteiger partial charge >= 0.3 is 12.1 Å². The molecule has 0 aliphatic heterocycles. The van der Waals surface area contributed by atoms with Crippen molar-refractivity contribution in [1.82, 2.24) is 0 Å². The molecular formula is C13H14F3IO2. The zero-order valence-electron chi connectivity index (χ0n) is 10.3. The fourth-order valence-corrected chi connectivity index (χ4v) is 2.52. The first kappa shape index (κ1) is 16.3. The van der Waals surface area contributed by atoms with Crippen molar-refractivity contribution in [3.8, 4) is 0 Å². The molecule has 0 spiro atoms. The summed E-state index contributed by atoms with van der Waals surface area (Å²) in [6.45, 7) is 0. The Kier molecular flexibility index (Phi) is 6.09. The van der Waals surface area contributed by atoms with E-state index in [1.165, 1.54) is 13.2 Å². The van der Waals surface area contributed by atoms with Crippen molar-refractivity contribution >= 4 is 28.6 Å². The minimum Gasteiger partial charge on any atom is -0.469 e. The molecule has 0 saturated heterocycles. The highest BCUT2D eigenvalue weighted by Gasteiger charge is 2.31. The molecule has 0 heterocycles. The first-order valence-corrected chi connectivity index (χ1v) is 7.21. The molecule has 0 saturated carbocycles.